The minimum atomic E-state index is -3.72. The fourth-order valence-electron chi connectivity index (χ4n) is 2.87. The van der Waals surface area contributed by atoms with Crippen LogP contribution in [0.25, 0.3) is 0 Å². The molecule has 0 radical (unpaired) electrons. The summed E-state index contributed by atoms with van der Waals surface area (Å²) in [7, 11) is -3.72. The molecule has 0 aromatic heterocycles. The van der Waals surface area contributed by atoms with E-state index in [4.69, 9.17) is 4.74 Å². The highest BCUT2D eigenvalue weighted by molar-refractivity contribution is 7.92. The largest absolute Gasteiger partial charge is 0.489 e. The van der Waals surface area contributed by atoms with Gasteiger partial charge in [0.25, 0.3) is 10.0 Å². The lowest BCUT2D eigenvalue weighted by Crippen LogP contribution is -2.38. The minimum Gasteiger partial charge on any atom is -0.489 e. The first-order valence-corrected chi connectivity index (χ1v) is 9.12. The van der Waals surface area contributed by atoms with Gasteiger partial charge in [-0.05, 0) is 50.6 Å². The number of carbonyl (C=O) groups is 1. The first kappa shape index (κ1) is 16.5. The van der Waals surface area contributed by atoms with Crippen LogP contribution in [0.2, 0.25) is 0 Å². The second kappa shape index (κ2) is 5.94. The Morgan fingerprint density at radius 2 is 1.88 bits per heavy atom. The first-order valence-electron chi connectivity index (χ1n) is 7.68. The molecule has 0 aliphatic carbocycles. The summed E-state index contributed by atoms with van der Waals surface area (Å²) in [4.78, 5) is 11.9. The summed E-state index contributed by atoms with van der Waals surface area (Å²) in [5, 5.41) is 0. The number of hydrogen-bond donors (Lipinski definition) is 0. The molecule has 0 spiro atoms. The molecule has 0 unspecified atom stereocenters. The second-order valence-electron chi connectivity index (χ2n) is 5.93. The van der Waals surface area contributed by atoms with Gasteiger partial charge in [0.05, 0.1) is 17.1 Å². The highest BCUT2D eigenvalue weighted by Gasteiger charge is 2.31. The average molecular weight is 345 g/mol. The van der Waals surface area contributed by atoms with Crippen LogP contribution >= 0.6 is 0 Å². The molecule has 5 nitrogen and oxygen atoms in total. The van der Waals surface area contributed by atoms with Gasteiger partial charge in [-0.25, -0.2) is 8.42 Å². The minimum absolute atomic E-state index is 0.118. The molecule has 1 aliphatic rings. The molecule has 24 heavy (non-hydrogen) atoms. The molecule has 3 rings (SSSR count). The number of fused-ring (bicyclic) bond motifs is 1. The molecule has 0 saturated heterocycles. The highest BCUT2D eigenvalue weighted by atomic mass is 32.2. The third-order valence-corrected chi connectivity index (χ3v) is 6.06. The molecular weight excluding hydrogens is 326 g/mol. The van der Waals surface area contributed by atoms with Crippen molar-refractivity contribution in [3.63, 3.8) is 0 Å². The Hall–Kier alpha value is -2.34. The maximum absolute atomic E-state index is 13.1. The molecule has 6 heteroatoms. The fourth-order valence-corrected chi connectivity index (χ4v) is 4.53. The van der Waals surface area contributed by atoms with Crippen molar-refractivity contribution in [1.29, 1.82) is 0 Å². The Balaban J connectivity index is 2.14. The van der Waals surface area contributed by atoms with Crippen LogP contribution in [-0.2, 0) is 10.0 Å². The van der Waals surface area contributed by atoms with E-state index in [1.165, 1.54) is 11.2 Å². The first-order chi connectivity index (χ1) is 11.3. The molecule has 0 N–H and O–H groups in total. The summed E-state index contributed by atoms with van der Waals surface area (Å²) < 4.78 is 33.2. The van der Waals surface area contributed by atoms with Gasteiger partial charge in [0, 0.05) is 5.56 Å². The maximum atomic E-state index is 13.1. The van der Waals surface area contributed by atoms with Crippen LogP contribution in [0.1, 0.15) is 28.4 Å². The summed E-state index contributed by atoms with van der Waals surface area (Å²) in [6.07, 6.45) is 0. The summed E-state index contributed by atoms with van der Waals surface area (Å²) in [6.45, 7) is 5.65. The monoisotopic (exact) mass is 345 g/mol. The van der Waals surface area contributed by atoms with Crippen LogP contribution in [0.3, 0.4) is 0 Å². The van der Waals surface area contributed by atoms with E-state index in [0.29, 0.717) is 22.6 Å². The zero-order valence-electron chi connectivity index (χ0n) is 13.9. The zero-order chi connectivity index (χ0) is 17.5. The van der Waals surface area contributed by atoms with E-state index in [-0.39, 0.29) is 23.8 Å². The van der Waals surface area contributed by atoms with Gasteiger partial charge in [-0.3, -0.25) is 9.10 Å². The lowest BCUT2D eigenvalue weighted by Gasteiger charge is -2.31. The van der Waals surface area contributed by atoms with Crippen LogP contribution in [-0.4, -0.2) is 27.4 Å². The van der Waals surface area contributed by atoms with Crippen molar-refractivity contribution in [2.24, 2.45) is 0 Å². The van der Waals surface area contributed by atoms with Gasteiger partial charge in [0.15, 0.2) is 5.78 Å². The van der Waals surface area contributed by atoms with Gasteiger partial charge in [-0.2, -0.15) is 0 Å². The molecule has 126 valence electrons. The lowest BCUT2D eigenvalue weighted by molar-refractivity contribution is 0.101. The normalized spacial score (nSPS) is 14.0. The van der Waals surface area contributed by atoms with E-state index < -0.39 is 10.0 Å². The summed E-state index contributed by atoms with van der Waals surface area (Å²) >= 11 is 0. The van der Waals surface area contributed by atoms with E-state index in [1.807, 2.05) is 13.0 Å². The van der Waals surface area contributed by atoms with E-state index in [1.54, 1.807) is 37.3 Å². The van der Waals surface area contributed by atoms with Crippen molar-refractivity contribution in [1.82, 2.24) is 0 Å². The molecule has 0 atom stereocenters. The van der Waals surface area contributed by atoms with E-state index >= 15 is 0 Å². The SMILES string of the molecule is CC(=O)c1ccc2c(c1)N(S(=O)(=O)c1ccc(C)cc1C)CCO2. The Bertz CT molecular complexity index is 919. The van der Waals surface area contributed by atoms with Crippen LogP contribution in [0.4, 0.5) is 5.69 Å². The van der Waals surface area contributed by atoms with Crippen LogP contribution in [0.5, 0.6) is 5.75 Å². The number of hydrogen-bond acceptors (Lipinski definition) is 4. The summed E-state index contributed by atoms with van der Waals surface area (Å²) in [6, 6.07) is 10.1. The van der Waals surface area contributed by atoms with Gasteiger partial charge in [0.1, 0.15) is 12.4 Å². The van der Waals surface area contributed by atoms with E-state index in [0.717, 1.165) is 5.56 Å². The van der Waals surface area contributed by atoms with Crippen molar-refractivity contribution in [3.8, 4) is 5.75 Å². The van der Waals surface area contributed by atoms with Crippen molar-refractivity contribution in [2.45, 2.75) is 25.7 Å². The third-order valence-electron chi connectivity index (χ3n) is 4.08. The van der Waals surface area contributed by atoms with Crippen molar-refractivity contribution >= 4 is 21.5 Å². The number of nitrogens with zero attached hydrogens (tertiary/aromatic N) is 1. The van der Waals surface area contributed by atoms with Crippen LogP contribution in [0, 0.1) is 13.8 Å². The van der Waals surface area contributed by atoms with Gasteiger partial charge < -0.3 is 4.74 Å². The third kappa shape index (κ3) is 2.78. The highest BCUT2D eigenvalue weighted by Crippen LogP contribution is 2.36. The van der Waals surface area contributed by atoms with Crippen molar-refractivity contribution in [2.75, 3.05) is 17.5 Å². The molecule has 1 heterocycles. The van der Waals surface area contributed by atoms with Crippen molar-refractivity contribution < 1.29 is 17.9 Å². The average Bonchev–Trinajstić information content (AvgIpc) is 2.53. The van der Waals surface area contributed by atoms with Crippen LogP contribution < -0.4 is 9.04 Å². The summed E-state index contributed by atoms with van der Waals surface area (Å²) in [5.74, 6) is 0.354. The Kier molecular flexibility index (Phi) is 4.09. The molecule has 1 aliphatic heterocycles. The zero-order valence-corrected chi connectivity index (χ0v) is 14.7. The topological polar surface area (TPSA) is 63.7 Å². The lowest BCUT2D eigenvalue weighted by atomic mass is 10.1. The number of rotatable bonds is 3. The number of aryl methyl sites for hydroxylation is 2. The van der Waals surface area contributed by atoms with Crippen molar-refractivity contribution in [3.05, 3.63) is 53.1 Å². The van der Waals surface area contributed by atoms with Crippen LogP contribution in [0.15, 0.2) is 41.3 Å². The fraction of sp³-hybridized carbons (Fsp3) is 0.278. The molecule has 0 amide bonds. The number of ether oxygens (including phenoxy) is 1. The number of sulfonamides is 1. The molecule has 0 bridgehead atoms. The Labute approximate surface area is 141 Å². The predicted molar refractivity (Wildman–Crippen MR) is 92.4 cm³/mol. The van der Waals surface area contributed by atoms with Gasteiger partial charge in [0.2, 0.25) is 0 Å². The quantitative estimate of drug-likeness (QED) is 0.802. The van der Waals surface area contributed by atoms with Gasteiger partial charge in [-0.15, -0.1) is 0 Å². The van der Waals surface area contributed by atoms with Gasteiger partial charge >= 0.3 is 0 Å². The van der Waals surface area contributed by atoms with Gasteiger partial charge in [-0.1, -0.05) is 17.7 Å². The number of anilines is 1. The van der Waals surface area contributed by atoms with E-state index in [9.17, 15) is 13.2 Å². The summed E-state index contributed by atoms with van der Waals surface area (Å²) in [5.41, 5.74) is 2.58. The standard InChI is InChI=1S/C18H19NO4S/c1-12-4-7-18(13(2)10-12)24(21,22)19-8-9-23-17-6-5-15(14(3)20)11-16(17)19/h4-7,10-11H,8-9H2,1-3H3. The molecule has 0 saturated carbocycles. The Morgan fingerprint density at radius 3 is 2.54 bits per heavy atom. The smallest absolute Gasteiger partial charge is 0.264 e. The maximum Gasteiger partial charge on any atom is 0.264 e. The number of benzene rings is 2. The molecule has 0 fully saturated rings. The second-order valence-corrected chi connectivity index (χ2v) is 7.76. The number of Topliss-reactive ketones (excluding diaryl/α,β-unsaturated/α-hetero) is 1. The number of ketones is 1. The molecular formula is C18H19NO4S. The molecule has 2 aromatic rings. The van der Waals surface area contributed by atoms with E-state index in [2.05, 4.69) is 0 Å². The molecule has 2 aromatic carbocycles. The predicted octanol–water partition coefficient (Wildman–Crippen LogP) is 3.09. The number of carbonyl (C=O) groups excluding carboxylic acids is 1. The Morgan fingerprint density at radius 1 is 1.12 bits per heavy atom.